The number of nitrogens with one attached hydrogen (secondary N) is 1. The van der Waals surface area contributed by atoms with Gasteiger partial charge >= 0.3 is 0 Å². The lowest BCUT2D eigenvalue weighted by Gasteiger charge is -2.17. The summed E-state index contributed by atoms with van der Waals surface area (Å²) in [5.41, 5.74) is 2.22. The highest BCUT2D eigenvalue weighted by Crippen LogP contribution is 2.48. The predicted molar refractivity (Wildman–Crippen MR) is 118 cm³/mol. The molecule has 1 aliphatic carbocycles. The molecular weight excluding hydrogens is 410 g/mol. The Hall–Kier alpha value is -3.59. The Morgan fingerprint density at radius 2 is 1.94 bits per heavy atom. The molecule has 0 saturated heterocycles. The van der Waals surface area contributed by atoms with Crippen LogP contribution < -0.4 is 14.8 Å². The summed E-state index contributed by atoms with van der Waals surface area (Å²) in [5, 5.41) is 8.02. The van der Waals surface area contributed by atoms with Crippen molar-refractivity contribution in [2.45, 2.75) is 31.9 Å². The van der Waals surface area contributed by atoms with Crippen LogP contribution in [0, 0.1) is 0 Å². The third-order valence-electron chi connectivity index (χ3n) is 5.56. The molecule has 32 heavy (non-hydrogen) atoms. The van der Waals surface area contributed by atoms with Gasteiger partial charge in [-0.2, -0.15) is 4.52 Å². The highest BCUT2D eigenvalue weighted by molar-refractivity contribution is 5.56. The molecule has 9 heteroatoms. The molecule has 0 amide bonds. The van der Waals surface area contributed by atoms with Crippen molar-refractivity contribution in [3.05, 3.63) is 53.9 Å². The van der Waals surface area contributed by atoms with E-state index in [2.05, 4.69) is 15.4 Å². The summed E-state index contributed by atoms with van der Waals surface area (Å²) >= 11 is 0. The molecule has 3 aromatic heterocycles. The van der Waals surface area contributed by atoms with Crippen molar-refractivity contribution in [3.8, 4) is 23.1 Å². The van der Waals surface area contributed by atoms with Crippen molar-refractivity contribution in [2.24, 2.45) is 0 Å². The maximum atomic E-state index is 6.03. The molecule has 5 rings (SSSR count). The lowest BCUT2D eigenvalue weighted by atomic mass is 10.2. The van der Waals surface area contributed by atoms with Gasteiger partial charge in [0.25, 0.3) is 0 Å². The summed E-state index contributed by atoms with van der Waals surface area (Å²) in [4.78, 5) is 9.55. The molecule has 0 unspecified atom stereocenters. The second-order valence-electron chi connectivity index (χ2n) is 7.62. The number of furan rings is 1. The minimum atomic E-state index is -0.340. The summed E-state index contributed by atoms with van der Waals surface area (Å²) in [7, 11) is 3.24. The van der Waals surface area contributed by atoms with Crippen LogP contribution in [0.1, 0.15) is 31.0 Å². The first-order chi connectivity index (χ1) is 15.7. The molecule has 166 valence electrons. The largest absolute Gasteiger partial charge is 0.493 e. The topological polar surface area (TPSA) is 95.9 Å². The van der Waals surface area contributed by atoms with Gasteiger partial charge in [-0.15, -0.1) is 5.10 Å². The molecule has 1 aliphatic rings. The monoisotopic (exact) mass is 435 g/mol. The Labute approximate surface area is 185 Å². The van der Waals surface area contributed by atoms with Crippen LogP contribution in [-0.4, -0.2) is 40.4 Å². The van der Waals surface area contributed by atoms with Gasteiger partial charge in [-0.1, -0.05) is 6.07 Å². The van der Waals surface area contributed by atoms with Crippen molar-refractivity contribution in [1.29, 1.82) is 0 Å². The van der Waals surface area contributed by atoms with Crippen LogP contribution in [0.3, 0.4) is 0 Å². The Bertz CT molecular complexity index is 1230. The minimum absolute atomic E-state index is 0.340. The zero-order valence-electron chi connectivity index (χ0n) is 18.3. The van der Waals surface area contributed by atoms with Crippen molar-refractivity contribution in [1.82, 2.24) is 19.6 Å². The quantitative estimate of drug-likeness (QED) is 0.421. The van der Waals surface area contributed by atoms with E-state index in [0.29, 0.717) is 47.8 Å². The third kappa shape index (κ3) is 3.64. The van der Waals surface area contributed by atoms with E-state index in [1.807, 2.05) is 43.3 Å². The maximum absolute atomic E-state index is 6.03. The molecule has 1 fully saturated rings. The number of anilines is 1. The number of ether oxygens (including phenoxy) is 3. The normalized spacial score (nSPS) is 14.5. The van der Waals surface area contributed by atoms with Crippen LogP contribution >= 0.6 is 0 Å². The van der Waals surface area contributed by atoms with Crippen LogP contribution in [0.15, 0.2) is 47.1 Å². The number of fused-ring (bicyclic) bond motifs is 1. The fourth-order valence-electron chi connectivity index (χ4n) is 3.78. The molecule has 0 atom stereocenters. The van der Waals surface area contributed by atoms with E-state index in [1.165, 1.54) is 0 Å². The van der Waals surface area contributed by atoms with Crippen LogP contribution in [0.25, 0.3) is 17.2 Å². The summed E-state index contributed by atoms with van der Waals surface area (Å²) in [6.45, 7) is 3.15. The lowest BCUT2D eigenvalue weighted by Crippen LogP contribution is -2.17. The molecule has 9 nitrogen and oxygen atoms in total. The van der Waals surface area contributed by atoms with Gasteiger partial charge in [0.1, 0.15) is 5.60 Å². The zero-order chi connectivity index (χ0) is 22.1. The molecule has 1 saturated carbocycles. The Morgan fingerprint density at radius 1 is 1.09 bits per heavy atom. The first-order valence-corrected chi connectivity index (χ1v) is 10.6. The lowest BCUT2D eigenvalue weighted by molar-refractivity contribution is 0.0364. The first-order valence-electron chi connectivity index (χ1n) is 10.6. The van der Waals surface area contributed by atoms with Crippen molar-refractivity contribution >= 4 is 11.6 Å². The van der Waals surface area contributed by atoms with Crippen molar-refractivity contribution < 1.29 is 18.6 Å². The average Bonchev–Trinajstić information content (AvgIpc) is 3.22. The second kappa shape index (κ2) is 8.16. The van der Waals surface area contributed by atoms with Gasteiger partial charge in [0.15, 0.2) is 22.9 Å². The van der Waals surface area contributed by atoms with E-state index >= 15 is 0 Å². The van der Waals surface area contributed by atoms with Crippen LogP contribution in [-0.2, 0) is 16.9 Å². The Kier molecular flexibility index (Phi) is 5.18. The van der Waals surface area contributed by atoms with Gasteiger partial charge in [0.2, 0.25) is 11.8 Å². The Balaban J connectivity index is 1.51. The number of hydrogen-bond donors (Lipinski definition) is 1. The van der Waals surface area contributed by atoms with E-state index < -0.39 is 0 Å². The number of hydrogen-bond acceptors (Lipinski definition) is 8. The van der Waals surface area contributed by atoms with Gasteiger partial charge in [-0.05, 0) is 49.6 Å². The molecule has 0 radical (unpaired) electrons. The summed E-state index contributed by atoms with van der Waals surface area (Å²) in [6.07, 6.45) is 3.49. The van der Waals surface area contributed by atoms with E-state index in [4.69, 9.17) is 23.6 Å². The summed E-state index contributed by atoms with van der Waals surface area (Å²) in [5.74, 6) is 3.05. The maximum Gasteiger partial charge on any atom is 0.226 e. The van der Waals surface area contributed by atoms with Gasteiger partial charge < -0.3 is 23.9 Å². The van der Waals surface area contributed by atoms with Crippen molar-refractivity contribution in [3.63, 3.8) is 0 Å². The number of methoxy groups -OCH3 is 2. The molecular formula is C23H25N5O4. The average molecular weight is 435 g/mol. The molecule has 0 spiro atoms. The van der Waals surface area contributed by atoms with Crippen LogP contribution in [0.2, 0.25) is 0 Å². The molecule has 0 aliphatic heterocycles. The standard InChI is InChI=1S/C23H25N5O4/c1-4-32-23(9-10-23)19-13-20-26-21(17-6-5-11-31-17)27-28(20)22(25-19)24-14-15-7-8-16(29-2)18(12-15)30-3/h5-8,11-13H,4,9-10,14H2,1-3H3,(H,24,25). The molecule has 0 bridgehead atoms. The second-order valence-corrected chi connectivity index (χ2v) is 7.62. The highest BCUT2D eigenvalue weighted by Gasteiger charge is 2.47. The van der Waals surface area contributed by atoms with E-state index in [9.17, 15) is 0 Å². The molecule has 3 heterocycles. The highest BCUT2D eigenvalue weighted by atomic mass is 16.5. The summed E-state index contributed by atoms with van der Waals surface area (Å²) in [6, 6.07) is 11.4. The predicted octanol–water partition coefficient (Wildman–Crippen LogP) is 4.04. The summed E-state index contributed by atoms with van der Waals surface area (Å²) < 4.78 is 24.0. The molecule has 1 aromatic carbocycles. The van der Waals surface area contributed by atoms with E-state index in [0.717, 1.165) is 24.1 Å². The fourth-order valence-corrected chi connectivity index (χ4v) is 3.78. The number of nitrogens with zero attached hydrogens (tertiary/aromatic N) is 4. The van der Waals surface area contributed by atoms with E-state index in [1.54, 1.807) is 25.0 Å². The fraction of sp³-hybridized carbons (Fsp3) is 0.348. The first kappa shape index (κ1) is 20.3. The van der Waals surface area contributed by atoms with Gasteiger partial charge in [0, 0.05) is 19.2 Å². The van der Waals surface area contributed by atoms with Crippen LogP contribution in [0.4, 0.5) is 5.95 Å². The SMILES string of the molecule is CCOC1(c2cc3nc(-c4ccco4)nn3c(NCc3ccc(OC)c(OC)c3)n2)CC1. The van der Waals surface area contributed by atoms with Gasteiger partial charge in [0.05, 0.1) is 26.2 Å². The molecule has 4 aromatic rings. The Morgan fingerprint density at radius 3 is 2.62 bits per heavy atom. The number of rotatable bonds is 9. The third-order valence-corrected chi connectivity index (χ3v) is 5.56. The number of benzene rings is 1. The van der Waals surface area contributed by atoms with Crippen molar-refractivity contribution in [2.75, 3.05) is 26.1 Å². The van der Waals surface area contributed by atoms with Crippen LogP contribution in [0.5, 0.6) is 11.5 Å². The van der Waals surface area contributed by atoms with E-state index in [-0.39, 0.29) is 5.60 Å². The molecule has 1 N–H and O–H groups in total. The number of aromatic nitrogens is 4. The van der Waals surface area contributed by atoms with Gasteiger partial charge in [-0.3, -0.25) is 0 Å². The zero-order valence-corrected chi connectivity index (χ0v) is 18.3. The smallest absolute Gasteiger partial charge is 0.226 e. The van der Waals surface area contributed by atoms with Gasteiger partial charge in [-0.25, -0.2) is 9.97 Å². The minimum Gasteiger partial charge on any atom is -0.493 e.